The van der Waals surface area contributed by atoms with Gasteiger partial charge in [-0.05, 0) is 30.8 Å². The molecule has 0 heterocycles. The van der Waals surface area contributed by atoms with Gasteiger partial charge >= 0.3 is 0 Å². The largest absolute Gasteiger partial charge is 0.497 e. The number of benzene rings is 2. The zero-order valence-corrected chi connectivity index (χ0v) is 11.1. The zero-order chi connectivity index (χ0) is 14.7. The summed E-state index contributed by atoms with van der Waals surface area (Å²) in [5.74, 6) is -3.18. The Hall–Kier alpha value is -2.01. The van der Waals surface area contributed by atoms with Crippen LogP contribution in [0.2, 0.25) is 0 Å². The lowest BCUT2D eigenvalue weighted by atomic mass is 9.98. The minimum atomic E-state index is -1.46. The van der Waals surface area contributed by atoms with E-state index in [0.29, 0.717) is 5.75 Å². The van der Waals surface area contributed by atoms with Crippen LogP contribution >= 0.6 is 0 Å². The van der Waals surface area contributed by atoms with Crippen LogP contribution in [0.3, 0.4) is 0 Å². The number of nitrogens with one attached hydrogen (secondary N) is 1. The molecule has 1 atom stereocenters. The Morgan fingerprint density at radius 1 is 0.950 bits per heavy atom. The number of ether oxygens (including phenoxy) is 1. The maximum atomic E-state index is 13.9. The van der Waals surface area contributed by atoms with Gasteiger partial charge in [0.15, 0.2) is 17.5 Å². The van der Waals surface area contributed by atoms with Crippen LogP contribution in [-0.4, -0.2) is 14.2 Å². The Labute approximate surface area is 115 Å². The molecule has 1 unspecified atom stereocenters. The summed E-state index contributed by atoms with van der Waals surface area (Å²) in [6, 6.07) is 8.49. The lowest BCUT2D eigenvalue weighted by Gasteiger charge is -2.18. The van der Waals surface area contributed by atoms with Crippen LogP contribution in [0.5, 0.6) is 5.75 Å². The van der Waals surface area contributed by atoms with Crippen LogP contribution < -0.4 is 10.1 Å². The Kier molecular flexibility index (Phi) is 4.29. The van der Waals surface area contributed by atoms with Gasteiger partial charge in [0.1, 0.15) is 5.75 Å². The monoisotopic (exact) mass is 281 g/mol. The maximum Gasteiger partial charge on any atom is 0.194 e. The predicted octanol–water partition coefficient (Wildman–Crippen LogP) is 3.42. The van der Waals surface area contributed by atoms with E-state index in [1.54, 1.807) is 38.4 Å². The van der Waals surface area contributed by atoms with Crippen molar-refractivity contribution in [3.05, 3.63) is 65.0 Å². The van der Waals surface area contributed by atoms with E-state index >= 15 is 0 Å². The van der Waals surface area contributed by atoms with Crippen LogP contribution in [-0.2, 0) is 0 Å². The van der Waals surface area contributed by atoms with E-state index in [1.807, 2.05) is 0 Å². The molecule has 0 aliphatic heterocycles. The highest BCUT2D eigenvalue weighted by molar-refractivity contribution is 5.36. The van der Waals surface area contributed by atoms with Gasteiger partial charge in [0.2, 0.25) is 0 Å². The molecule has 0 spiro atoms. The third-order valence-electron chi connectivity index (χ3n) is 3.11. The van der Waals surface area contributed by atoms with Crippen molar-refractivity contribution in [2.45, 2.75) is 6.04 Å². The lowest BCUT2D eigenvalue weighted by Crippen LogP contribution is -2.19. The minimum Gasteiger partial charge on any atom is -0.497 e. The predicted molar refractivity (Wildman–Crippen MR) is 70.2 cm³/mol. The van der Waals surface area contributed by atoms with Gasteiger partial charge in [-0.25, -0.2) is 13.2 Å². The first-order valence-corrected chi connectivity index (χ1v) is 6.03. The quantitative estimate of drug-likeness (QED) is 0.867. The second-order valence-corrected chi connectivity index (χ2v) is 4.26. The molecule has 106 valence electrons. The van der Waals surface area contributed by atoms with E-state index in [2.05, 4.69) is 5.32 Å². The molecule has 0 saturated heterocycles. The molecule has 0 amide bonds. The van der Waals surface area contributed by atoms with Crippen molar-refractivity contribution in [1.82, 2.24) is 5.32 Å². The Bertz CT molecular complexity index is 599. The standard InChI is InChI=1S/C15H14F3NO/c1-19-15(9-3-5-10(20-2)6-4-9)11-7-8-12(16)14(18)13(11)17/h3-8,15,19H,1-2H3. The van der Waals surface area contributed by atoms with E-state index in [0.717, 1.165) is 11.6 Å². The number of hydrogen-bond donors (Lipinski definition) is 1. The molecule has 0 aliphatic carbocycles. The third kappa shape index (κ3) is 2.63. The average Bonchev–Trinajstić information content (AvgIpc) is 2.48. The summed E-state index contributed by atoms with van der Waals surface area (Å²) in [7, 11) is 3.16. The highest BCUT2D eigenvalue weighted by atomic mass is 19.2. The fourth-order valence-corrected chi connectivity index (χ4v) is 2.06. The van der Waals surface area contributed by atoms with Crippen LogP contribution in [0.25, 0.3) is 0 Å². The summed E-state index contributed by atoms with van der Waals surface area (Å²) in [5.41, 5.74) is 0.773. The van der Waals surface area contributed by atoms with Crippen molar-refractivity contribution in [3.63, 3.8) is 0 Å². The molecule has 0 fully saturated rings. The Morgan fingerprint density at radius 2 is 1.60 bits per heavy atom. The van der Waals surface area contributed by atoms with Crippen LogP contribution in [0.1, 0.15) is 17.2 Å². The van der Waals surface area contributed by atoms with Gasteiger partial charge in [-0.3, -0.25) is 0 Å². The molecule has 0 aromatic heterocycles. The van der Waals surface area contributed by atoms with E-state index in [4.69, 9.17) is 4.74 Å². The number of rotatable bonds is 4. The van der Waals surface area contributed by atoms with Crippen LogP contribution in [0.15, 0.2) is 36.4 Å². The Balaban J connectivity index is 2.44. The molecular weight excluding hydrogens is 267 g/mol. The number of halogens is 3. The van der Waals surface area contributed by atoms with Crippen molar-refractivity contribution in [1.29, 1.82) is 0 Å². The molecule has 0 radical (unpaired) electrons. The van der Waals surface area contributed by atoms with Gasteiger partial charge in [0, 0.05) is 5.56 Å². The summed E-state index contributed by atoms with van der Waals surface area (Å²) in [6.45, 7) is 0. The molecule has 2 aromatic carbocycles. The summed E-state index contributed by atoms with van der Waals surface area (Å²) < 4.78 is 45.2. The molecule has 2 aromatic rings. The molecule has 0 bridgehead atoms. The van der Waals surface area contributed by atoms with E-state index in [9.17, 15) is 13.2 Å². The number of hydrogen-bond acceptors (Lipinski definition) is 2. The van der Waals surface area contributed by atoms with Crippen molar-refractivity contribution in [2.75, 3.05) is 14.2 Å². The minimum absolute atomic E-state index is 0.0524. The number of methoxy groups -OCH3 is 1. The zero-order valence-electron chi connectivity index (χ0n) is 11.1. The molecule has 5 heteroatoms. The fourth-order valence-electron chi connectivity index (χ4n) is 2.06. The highest BCUT2D eigenvalue weighted by Gasteiger charge is 2.21. The summed E-state index contributed by atoms with van der Waals surface area (Å²) >= 11 is 0. The first-order valence-electron chi connectivity index (χ1n) is 6.03. The van der Waals surface area contributed by atoms with Gasteiger partial charge in [-0.1, -0.05) is 18.2 Å². The van der Waals surface area contributed by atoms with E-state index < -0.39 is 23.5 Å². The van der Waals surface area contributed by atoms with Crippen molar-refractivity contribution >= 4 is 0 Å². The second kappa shape index (κ2) is 5.96. The van der Waals surface area contributed by atoms with Crippen molar-refractivity contribution in [3.8, 4) is 5.75 Å². The van der Waals surface area contributed by atoms with Gasteiger partial charge in [-0.2, -0.15) is 0 Å². The first-order chi connectivity index (χ1) is 9.58. The molecule has 2 nitrogen and oxygen atoms in total. The normalized spacial score (nSPS) is 12.2. The van der Waals surface area contributed by atoms with Crippen molar-refractivity contribution in [2.24, 2.45) is 0 Å². The van der Waals surface area contributed by atoms with Crippen LogP contribution in [0, 0.1) is 17.5 Å². The first kappa shape index (κ1) is 14.4. The second-order valence-electron chi connectivity index (χ2n) is 4.26. The fraction of sp³-hybridized carbons (Fsp3) is 0.200. The van der Waals surface area contributed by atoms with Gasteiger partial charge in [0.05, 0.1) is 13.2 Å². The SMILES string of the molecule is CNC(c1ccc(OC)cc1)c1ccc(F)c(F)c1F. The molecule has 2 rings (SSSR count). The van der Waals surface area contributed by atoms with Crippen LogP contribution in [0.4, 0.5) is 13.2 Å². The third-order valence-corrected chi connectivity index (χ3v) is 3.11. The topological polar surface area (TPSA) is 21.3 Å². The molecule has 0 saturated carbocycles. The summed E-state index contributed by atoms with van der Waals surface area (Å²) in [4.78, 5) is 0. The molecule has 0 aliphatic rings. The Morgan fingerprint density at radius 3 is 2.15 bits per heavy atom. The highest BCUT2D eigenvalue weighted by Crippen LogP contribution is 2.27. The molecule has 1 N–H and O–H groups in total. The van der Waals surface area contributed by atoms with Crippen molar-refractivity contribution < 1.29 is 17.9 Å². The maximum absolute atomic E-state index is 13.9. The van der Waals surface area contributed by atoms with Gasteiger partial charge in [0.25, 0.3) is 0 Å². The molecule has 20 heavy (non-hydrogen) atoms. The average molecular weight is 281 g/mol. The summed E-state index contributed by atoms with van der Waals surface area (Å²) in [5, 5.41) is 2.89. The molecular formula is C15H14F3NO. The van der Waals surface area contributed by atoms with Gasteiger partial charge in [-0.15, -0.1) is 0 Å². The smallest absolute Gasteiger partial charge is 0.194 e. The lowest BCUT2D eigenvalue weighted by molar-refractivity contribution is 0.414. The van der Waals surface area contributed by atoms with E-state index in [1.165, 1.54) is 6.07 Å². The van der Waals surface area contributed by atoms with Gasteiger partial charge < -0.3 is 10.1 Å². The summed E-state index contributed by atoms with van der Waals surface area (Å²) in [6.07, 6.45) is 0. The van der Waals surface area contributed by atoms with E-state index in [-0.39, 0.29) is 5.56 Å².